The molecule has 3 aromatic rings. The molecule has 2 heterocycles. The Morgan fingerprint density at radius 3 is 2.61 bits per heavy atom. The van der Waals surface area contributed by atoms with Gasteiger partial charge in [-0.15, -0.1) is 0 Å². The van der Waals surface area contributed by atoms with E-state index >= 15 is 0 Å². The molecule has 1 saturated carbocycles. The summed E-state index contributed by atoms with van der Waals surface area (Å²) in [5, 5.41) is 6.30. The summed E-state index contributed by atoms with van der Waals surface area (Å²) < 4.78 is 35.9. The van der Waals surface area contributed by atoms with E-state index in [9.17, 15) is 18.4 Å². The fourth-order valence-corrected chi connectivity index (χ4v) is 2.76. The smallest absolute Gasteiger partial charge is 0.870 e. The van der Waals surface area contributed by atoms with Gasteiger partial charge in [0.1, 0.15) is 5.75 Å². The molecule has 0 atom stereocenters. The van der Waals surface area contributed by atoms with Crippen molar-refractivity contribution in [1.29, 1.82) is 0 Å². The van der Waals surface area contributed by atoms with E-state index in [4.69, 9.17) is 4.74 Å². The van der Waals surface area contributed by atoms with Crippen molar-refractivity contribution >= 4 is 17.9 Å². The third-order valence-electron chi connectivity index (χ3n) is 4.61. The largest absolute Gasteiger partial charge is 1.00 e. The maximum Gasteiger partial charge on any atom is 1.00 e. The van der Waals surface area contributed by atoms with E-state index in [0.717, 1.165) is 17.7 Å². The number of aromatic nitrogens is 3. The topological polar surface area (TPSA) is 116 Å². The Labute approximate surface area is 188 Å². The van der Waals surface area contributed by atoms with Crippen LogP contribution in [0.4, 0.5) is 14.5 Å². The number of halogens is 2. The molecule has 156 valence electrons. The molecular formula is C20H16F2LiN4O4-. The molecule has 0 saturated heterocycles. The van der Waals surface area contributed by atoms with E-state index in [1.165, 1.54) is 12.3 Å². The van der Waals surface area contributed by atoms with Gasteiger partial charge in [-0.3, -0.25) is 14.5 Å². The summed E-state index contributed by atoms with van der Waals surface area (Å²) in [5.41, 5.74) is -0.325. The molecule has 0 radical (unpaired) electrons. The van der Waals surface area contributed by atoms with Crippen LogP contribution < -0.4 is 28.9 Å². The number of carbonyl (C=O) groups is 1. The zero-order chi connectivity index (χ0) is 20.6. The number of carbonyl (C=O) groups excluding carboxylic acids is 2. The average Bonchev–Trinajstić information content (AvgIpc) is 3.40. The third-order valence-corrected chi connectivity index (χ3v) is 4.61. The van der Waals surface area contributed by atoms with Gasteiger partial charge in [-0.2, -0.15) is 5.10 Å². The van der Waals surface area contributed by atoms with E-state index in [1.807, 2.05) is 0 Å². The SMILES string of the molecule is Cn1cc(-c2cc(Oc3cc(F)c(NC(=O)C4([C-]=O)CC4)cc3F)ccn2)cn1.[Li+].[OH-]. The minimum absolute atomic E-state index is 0. The molecule has 1 aromatic carbocycles. The molecule has 1 amide bonds. The molecule has 11 heteroatoms. The van der Waals surface area contributed by atoms with Gasteiger partial charge >= 0.3 is 18.9 Å². The molecular weight excluding hydrogens is 405 g/mol. The van der Waals surface area contributed by atoms with E-state index in [0.29, 0.717) is 18.5 Å². The molecule has 2 N–H and O–H groups in total. The predicted octanol–water partition coefficient (Wildman–Crippen LogP) is 0.208. The number of aryl methyl sites for hydroxylation is 1. The van der Waals surface area contributed by atoms with Gasteiger partial charge in [0.2, 0.25) is 5.91 Å². The van der Waals surface area contributed by atoms with Crippen molar-refractivity contribution in [2.45, 2.75) is 12.8 Å². The van der Waals surface area contributed by atoms with Crippen molar-refractivity contribution in [3.63, 3.8) is 0 Å². The fourth-order valence-electron chi connectivity index (χ4n) is 2.76. The maximum atomic E-state index is 14.4. The number of anilines is 1. The maximum absolute atomic E-state index is 14.4. The van der Waals surface area contributed by atoms with Gasteiger partial charge in [0.15, 0.2) is 17.4 Å². The Balaban J connectivity index is 0.00000171. The minimum Gasteiger partial charge on any atom is -0.870 e. The van der Waals surface area contributed by atoms with E-state index in [2.05, 4.69) is 15.4 Å². The number of nitrogens with one attached hydrogen (secondary N) is 1. The first-order valence-corrected chi connectivity index (χ1v) is 8.73. The summed E-state index contributed by atoms with van der Waals surface area (Å²) in [7, 11) is 1.76. The first-order chi connectivity index (χ1) is 13.9. The monoisotopic (exact) mass is 421 g/mol. The molecule has 8 nitrogen and oxygen atoms in total. The molecule has 4 rings (SSSR count). The Morgan fingerprint density at radius 1 is 1.26 bits per heavy atom. The van der Waals surface area contributed by atoms with Crippen molar-refractivity contribution in [3.8, 4) is 22.8 Å². The number of hydrogen-bond acceptors (Lipinski definition) is 6. The van der Waals surface area contributed by atoms with E-state index in [1.54, 1.807) is 36.5 Å². The second kappa shape index (κ2) is 9.39. The minimum atomic E-state index is -1.25. The van der Waals surface area contributed by atoms with Gasteiger partial charge in [-0.1, -0.05) is 12.8 Å². The Morgan fingerprint density at radius 2 is 2.00 bits per heavy atom. The number of nitrogens with zero attached hydrogens (tertiary/aromatic N) is 3. The Bertz CT molecular complexity index is 1120. The van der Waals surface area contributed by atoms with Crippen LogP contribution in [0.2, 0.25) is 0 Å². The molecule has 1 aliphatic carbocycles. The molecule has 0 spiro atoms. The summed E-state index contributed by atoms with van der Waals surface area (Å²) in [5.74, 6) is -2.57. The van der Waals surface area contributed by atoms with Gasteiger partial charge in [0, 0.05) is 43.2 Å². The summed E-state index contributed by atoms with van der Waals surface area (Å²) in [4.78, 5) is 27.1. The molecule has 0 unspecified atom stereocenters. The normalized spacial score (nSPS) is 13.4. The first-order valence-electron chi connectivity index (χ1n) is 8.73. The second-order valence-corrected chi connectivity index (χ2v) is 6.78. The number of rotatable bonds is 6. The van der Waals surface area contributed by atoms with Crippen molar-refractivity contribution in [3.05, 3.63) is 54.5 Å². The summed E-state index contributed by atoms with van der Waals surface area (Å²) in [6, 6.07) is 4.72. The zero-order valence-electron chi connectivity index (χ0n) is 16.7. The molecule has 31 heavy (non-hydrogen) atoms. The standard InChI is InChI=1S/C20H15F2N4O3.Li.H2O/c1-26-10-12(9-24-26)16-6-13(2-5-23-16)29-18-8-14(21)17(7-15(18)22)25-19(28)20(11-27)3-4-20;;/h2,5-10H,3-4H2,1H3,(H,25,28);;1H2/q-1;+1;/p-1. The van der Waals surface area contributed by atoms with Gasteiger partial charge in [-0.25, -0.2) is 15.1 Å². The number of hydrogen-bond donors (Lipinski definition) is 1. The van der Waals surface area contributed by atoms with Crippen LogP contribution in [0, 0.1) is 17.0 Å². The van der Waals surface area contributed by atoms with Gasteiger partial charge in [0.05, 0.1) is 17.6 Å². The van der Waals surface area contributed by atoms with Crippen LogP contribution in [0.1, 0.15) is 12.8 Å². The summed E-state index contributed by atoms with van der Waals surface area (Å²) in [6.45, 7) is 0. The predicted molar refractivity (Wildman–Crippen MR) is 101 cm³/mol. The van der Waals surface area contributed by atoms with Crippen LogP contribution in [0.5, 0.6) is 11.5 Å². The molecule has 0 aliphatic heterocycles. The van der Waals surface area contributed by atoms with Crippen LogP contribution in [0.3, 0.4) is 0 Å². The Hall–Kier alpha value is -3.06. The van der Waals surface area contributed by atoms with E-state index in [-0.39, 0.29) is 41.5 Å². The number of benzene rings is 1. The third kappa shape index (κ3) is 4.99. The van der Waals surface area contributed by atoms with Crippen LogP contribution in [-0.4, -0.2) is 32.4 Å². The molecule has 1 aliphatic rings. The number of ether oxygens (including phenoxy) is 1. The average molecular weight is 421 g/mol. The van der Waals surface area contributed by atoms with Crippen LogP contribution in [-0.2, 0) is 16.6 Å². The zero-order valence-corrected chi connectivity index (χ0v) is 16.7. The van der Waals surface area contributed by atoms with Crippen LogP contribution >= 0.6 is 0 Å². The number of pyridine rings is 1. The quantitative estimate of drug-likeness (QED) is 0.346. The molecule has 0 bridgehead atoms. The summed E-state index contributed by atoms with van der Waals surface area (Å²) in [6.07, 6.45) is 7.19. The molecule has 1 fully saturated rings. The second-order valence-electron chi connectivity index (χ2n) is 6.78. The van der Waals surface area contributed by atoms with Crippen LogP contribution in [0.25, 0.3) is 11.3 Å². The van der Waals surface area contributed by atoms with Gasteiger partial charge in [0.25, 0.3) is 0 Å². The molecule has 2 aromatic heterocycles. The Kier molecular flexibility index (Phi) is 7.33. The number of amides is 1. The van der Waals surface area contributed by atoms with Crippen molar-refractivity contribution in [2.75, 3.05) is 5.32 Å². The fraction of sp³-hybridized carbons (Fsp3) is 0.200. The van der Waals surface area contributed by atoms with Crippen molar-refractivity contribution in [1.82, 2.24) is 14.8 Å². The first kappa shape index (κ1) is 24.2. The van der Waals surface area contributed by atoms with Crippen molar-refractivity contribution < 1.29 is 47.4 Å². The van der Waals surface area contributed by atoms with Crippen LogP contribution in [0.15, 0.2) is 42.9 Å². The summed E-state index contributed by atoms with van der Waals surface area (Å²) >= 11 is 0. The van der Waals surface area contributed by atoms with Gasteiger partial charge in [-0.05, 0) is 11.5 Å². The van der Waals surface area contributed by atoms with E-state index < -0.39 is 23.0 Å². The van der Waals surface area contributed by atoms with Gasteiger partial charge < -0.3 is 20.3 Å². The van der Waals surface area contributed by atoms with Crippen molar-refractivity contribution in [2.24, 2.45) is 12.5 Å².